The Balaban J connectivity index is 0.00000312. The highest BCUT2D eigenvalue weighted by molar-refractivity contribution is 5.85. The van der Waals surface area contributed by atoms with Gasteiger partial charge >= 0.3 is 0 Å². The molecule has 0 saturated heterocycles. The number of rotatable bonds is 7. The third-order valence-corrected chi connectivity index (χ3v) is 4.21. The predicted octanol–water partition coefficient (Wildman–Crippen LogP) is 3.65. The van der Waals surface area contributed by atoms with Crippen molar-refractivity contribution in [1.29, 1.82) is 0 Å². The number of carbonyl (C=O) groups excluding carboxylic acids is 1. The Labute approximate surface area is 169 Å². The number of carbonyl (C=O) groups is 1. The van der Waals surface area contributed by atoms with Gasteiger partial charge in [0.1, 0.15) is 0 Å². The molecule has 0 saturated carbocycles. The van der Waals surface area contributed by atoms with E-state index in [1.165, 1.54) is 11.1 Å². The van der Waals surface area contributed by atoms with Crippen molar-refractivity contribution in [2.45, 2.75) is 25.4 Å². The lowest BCUT2D eigenvalue weighted by Gasteiger charge is -2.25. The molecule has 0 aliphatic carbocycles. The zero-order valence-electron chi connectivity index (χ0n) is 15.5. The van der Waals surface area contributed by atoms with Crippen molar-refractivity contribution in [3.63, 3.8) is 0 Å². The first kappa shape index (κ1) is 24.4. The van der Waals surface area contributed by atoms with E-state index < -0.39 is 0 Å². The lowest BCUT2D eigenvalue weighted by molar-refractivity contribution is -0.121. The standard InChI is InChI=1S/C20H27N3O.2ClH/c1-15-9-11-17(12-10-15)19(23(2)3)14-22-20(24)13-18(21)16-7-5-4-6-8-16;;/h4-12,18-19H,13-14,21H2,1-3H3,(H,22,24);2*1H. The van der Waals surface area contributed by atoms with Crippen LogP contribution in [0.25, 0.3) is 0 Å². The minimum atomic E-state index is -0.275. The predicted molar refractivity (Wildman–Crippen MR) is 113 cm³/mol. The van der Waals surface area contributed by atoms with E-state index in [9.17, 15) is 4.79 Å². The van der Waals surface area contributed by atoms with Gasteiger partial charge in [0, 0.05) is 19.0 Å². The molecule has 2 aromatic carbocycles. The summed E-state index contributed by atoms with van der Waals surface area (Å²) >= 11 is 0. The van der Waals surface area contributed by atoms with Crippen LogP contribution in [0, 0.1) is 6.92 Å². The molecule has 0 radical (unpaired) electrons. The molecule has 0 aliphatic rings. The minimum absolute atomic E-state index is 0. The van der Waals surface area contributed by atoms with E-state index in [0.717, 1.165) is 5.56 Å². The van der Waals surface area contributed by atoms with E-state index in [1.54, 1.807) is 0 Å². The van der Waals surface area contributed by atoms with Crippen molar-refractivity contribution < 1.29 is 4.79 Å². The third-order valence-electron chi connectivity index (χ3n) is 4.21. The second-order valence-corrected chi connectivity index (χ2v) is 6.42. The average molecular weight is 398 g/mol. The van der Waals surface area contributed by atoms with Gasteiger partial charge in [0.2, 0.25) is 5.91 Å². The lowest BCUT2D eigenvalue weighted by Crippen LogP contribution is -2.35. The first-order valence-corrected chi connectivity index (χ1v) is 8.27. The first-order chi connectivity index (χ1) is 11.5. The molecule has 2 unspecified atom stereocenters. The quantitative estimate of drug-likeness (QED) is 0.749. The Morgan fingerprint density at radius 1 is 1.00 bits per heavy atom. The number of benzene rings is 2. The molecule has 3 N–H and O–H groups in total. The molecule has 2 atom stereocenters. The van der Waals surface area contributed by atoms with Crippen molar-refractivity contribution >= 4 is 30.7 Å². The number of nitrogens with two attached hydrogens (primary N) is 1. The summed E-state index contributed by atoms with van der Waals surface area (Å²) in [5, 5.41) is 3.02. The van der Waals surface area contributed by atoms with Crippen LogP contribution in [0.4, 0.5) is 0 Å². The maximum Gasteiger partial charge on any atom is 0.221 e. The van der Waals surface area contributed by atoms with Crippen LogP contribution in [0.1, 0.15) is 35.2 Å². The number of nitrogens with zero attached hydrogens (tertiary/aromatic N) is 1. The first-order valence-electron chi connectivity index (χ1n) is 8.27. The molecule has 4 nitrogen and oxygen atoms in total. The van der Waals surface area contributed by atoms with E-state index in [4.69, 9.17) is 5.73 Å². The molecule has 1 amide bonds. The lowest BCUT2D eigenvalue weighted by atomic mass is 10.0. The molecule has 26 heavy (non-hydrogen) atoms. The molecular weight excluding hydrogens is 369 g/mol. The summed E-state index contributed by atoms with van der Waals surface area (Å²) in [7, 11) is 4.04. The Bertz CT molecular complexity index is 648. The molecular formula is C20H29Cl2N3O. The van der Waals surface area contributed by atoms with Gasteiger partial charge < -0.3 is 16.0 Å². The van der Waals surface area contributed by atoms with Crippen molar-refractivity contribution in [2.24, 2.45) is 5.73 Å². The molecule has 0 aromatic heterocycles. The largest absolute Gasteiger partial charge is 0.354 e. The summed E-state index contributed by atoms with van der Waals surface area (Å²) in [6, 6.07) is 18.0. The van der Waals surface area contributed by atoms with Crippen molar-refractivity contribution in [3.05, 3.63) is 71.3 Å². The maximum absolute atomic E-state index is 12.2. The topological polar surface area (TPSA) is 58.4 Å². The fraction of sp³-hybridized carbons (Fsp3) is 0.350. The number of hydrogen-bond acceptors (Lipinski definition) is 3. The van der Waals surface area contributed by atoms with Gasteiger partial charge in [0.25, 0.3) is 0 Å². The molecule has 0 fully saturated rings. The van der Waals surface area contributed by atoms with Crippen LogP contribution in [-0.4, -0.2) is 31.4 Å². The Kier molecular flexibility index (Phi) is 11.2. The monoisotopic (exact) mass is 397 g/mol. The van der Waals surface area contributed by atoms with Gasteiger partial charge in [-0.15, -0.1) is 24.8 Å². The van der Waals surface area contributed by atoms with E-state index in [0.29, 0.717) is 6.54 Å². The summed E-state index contributed by atoms with van der Waals surface area (Å²) in [5.74, 6) is -0.0229. The van der Waals surface area contributed by atoms with E-state index in [2.05, 4.69) is 41.4 Å². The van der Waals surface area contributed by atoms with Crippen LogP contribution in [0.3, 0.4) is 0 Å². The van der Waals surface area contributed by atoms with Gasteiger partial charge in [-0.3, -0.25) is 4.79 Å². The number of amides is 1. The Hall–Kier alpha value is -1.59. The smallest absolute Gasteiger partial charge is 0.221 e. The van der Waals surface area contributed by atoms with Gasteiger partial charge in [-0.1, -0.05) is 60.2 Å². The molecule has 0 bridgehead atoms. The second-order valence-electron chi connectivity index (χ2n) is 6.42. The van der Waals surface area contributed by atoms with Crippen LogP contribution in [0.15, 0.2) is 54.6 Å². The summed E-state index contributed by atoms with van der Waals surface area (Å²) in [4.78, 5) is 14.3. The normalized spacial score (nSPS) is 12.5. The van der Waals surface area contributed by atoms with E-state index >= 15 is 0 Å². The number of nitrogens with one attached hydrogen (secondary N) is 1. The van der Waals surface area contributed by atoms with Crippen LogP contribution in [-0.2, 0) is 4.79 Å². The van der Waals surface area contributed by atoms with Gasteiger partial charge in [0.15, 0.2) is 0 Å². The fourth-order valence-electron chi connectivity index (χ4n) is 2.69. The average Bonchev–Trinajstić information content (AvgIpc) is 2.57. The molecule has 2 aromatic rings. The fourth-order valence-corrected chi connectivity index (χ4v) is 2.69. The van der Waals surface area contributed by atoms with E-state index in [-0.39, 0.29) is 49.2 Å². The molecule has 0 spiro atoms. The highest BCUT2D eigenvalue weighted by Gasteiger charge is 2.17. The highest BCUT2D eigenvalue weighted by atomic mass is 35.5. The van der Waals surface area contributed by atoms with Gasteiger partial charge in [-0.2, -0.15) is 0 Å². The number of hydrogen-bond donors (Lipinski definition) is 2. The van der Waals surface area contributed by atoms with Crippen LogP contribution in [0.5, 0.6) is 0 Å². The Morgan fingerprint density at radius 2 is 1.58 bits per heavy atom. The zero-order chi connectivity index (χ0) is 17.5. The minimum Gasteiger partial charge on any atom is -0.354 e. The summed E-state index contributed by atoms with van der Waals surface area (Å²) in [6.07, 6.45) is 0.290. The molecule has 0 heterocycles. The number of halogens is 2. The van der Waals surface area contributed by atoms with Gasteiger partial charge in [0.05, 0.1) is 6.04 Å². The zero-order valence-corrected chi connectivity index (χ0v) is 17.1. The van der Waals surface area contributed by atoms with Crippen LogP contribution < -0.4 is 11.1 Å². The molecule has 6 heteroatoms. The maximum atomic E-state index is 12.2. The highest BCUT2D eigenvalue weighted by Crippen LogP contribution is 2.18. The summed E-state index contributed by atoms with van der Waals surface area (Å²) in [6.45, 7) is 2.64. The molecule has 2 rings (SSSR count). The number of likely N-dealkylation sites (N-methyl/N-ethyl adjacent to an activating group) is 1. The van der Waals surface area contributed by atoms with Gasteiger partial charge in [-0.05, 0) is 32.1 Å². The summed E-state index contributed by atoms with van der Waals surface area (Å²) < 4.78 is 0. The van der Waals surface area contributed by atoms with Gasteiger partial charge in [-0.25, -0.2) is 0 Å². The summed E-state index contributed by atoms with van der Waals surface area (Å²) in [5.41, 5.74) is 9.52. The van der Waals surface area contributed by atoms with Crippen LogP contribution >= 0.6 is 24.8 Å². The SMILES string of the molecule is Cc1ccc(C(CNC(=O)CC(N)c2ccccc2)N(C)C)cc1.Cl.Cl. The van der Waals surface area contributed by atoms with Crippen molar-refractivity contribution in [3.8, 4) is 0 Å². The van der Waals surface area contributed by atoms with Crippen molar-refractivity contribution in [2.75, 3.05) is 20.6 Å². The molecule has 0 aliphatic heterocycles. The number of aryl methyl sites for hydroxylation is 1. The van der Waals surface area contributed by atoms with Crippen LogP contribution in [0.2, 0.25) is 0 Å². The Morgan fingerprint density at radius 3 is 2.12 bits per heavy atom. The third kappa shape index (κ3) is 7.34. The molecule has 144 valence electrons. The van der Waals surface area contributed by atoms with Crippen molar-refractivity contribution in [1.82, 2.24) is 10.2 Å². The second kappa shape index (κ2) is 11.9. The van der Waals surface area contributed by atoms with E-state index in [1.807, 2.05) is 44.4 Å².